The number of carbonyl (C=O) groups is 1. The molecule has 1 aromatic rings. The van der Waals surface area contributed by atoms with Crippen molar-refractivity contribution < 1.29 is 4.79 Å². The zero-order valence-electron chi connectivity index (χ0n) is 11.9. The number of nitrogens with zero attached hydrogens (tertiary/aromatic N) is 1. The number of amides is 1. The van der Waals surface area contributed by atoms with Crippen molar-refractivity contribution >= 4 is 18.3 Å². The molecule has 0 atom stereocenters. The molecule has 0 aliphatic rings. The quantitative estimate of drug-likeness (QED) is 0.744. The molecule has 0 aliphatic carbocycles. The van der Waals surface area contributed by atoms with Crippen molar-refractivity contribution in [3.63, 3.8) is 0 Å². The van der Waals surface area contributed by atoms with E-state index in [2.05, 4.69) is 17.4 Å². The van der Waals surface area contributed by atoms with Crippen LogP contribution in [0.25, 0.3) is 0 Å². The van der Waals surface area contributed by atoms with Gasteiger partial charge in [0, 0.05) is 19.5 Å². The van der Waals surface area contributed by atoms with Crippen molar-refractivity contribution in [2.75, 3.05) is 26.7 Å². The number of hydrogen-bond donors (Lipinski definition) is 1. The first-order chi connectivity index (χ1) is 8.77. The molecule has 1 rings (SSSR count). The maximum atomic E-state index is 12.0. The van der Waals surface area contributed by atoms with Gasteiger partial charge in [0.2, 0.25) is 5.91 Å². The summed E-state index contributed by atoms with van der Waals surface area (Å²) in [7, 11) is 1.91. The molecule has 0 aliphatic heterocycles. The van der Waals surface area contributed by atoms with Gasteiger partial charge in [0.05, 0.1) is 0 Å². The van der Waals surface area contributed by atoms with Crippen molar-refractivity contribution in [2.45, 2.75) is 26.2 Å². The molecule has 1 N–H and O–H groups in total. The minimum absolute atomic E-state index is 0. The van der Waals surface area contributed by atoms with E-state index < -0.39 is 0 Å². The van der Waals surface area contributed by atoms with Crippen LogP contribution in [0.5, 0.6) is 0 Å². The number of benzene rings is 1. The summed E-state index contributed by atoms with van der Waals surface area (Å²) < 4.78 is 0. The number of halogens is 1. The van der Waals surface area contributed by atoms with Crippen LogP contribution in [0.3, 0.4) is 0 Å². The predicted octanol–water partition coefficient (Wildman–Crippen LogP) is 2.50. The zero-order valence-corrected chi connectivity index (χ0v) is 12.7. The maximum Gasteiger partial charge on any atom is 0.222 e. The number of likely N-dealkylation sites (N-methyl/N-ethyl adjacent to an activating group) is 1. The predicted molar refractivity (Wildman–Crippen MR) is 82.8 cm³/mol. The van der Waals surface area contributed by atoms with E-state index in [1.54, 1.807) is 0 Å². The normalized spacial score (nSPS) is 9.79. The van der Waals surface area contributed by atoms with Gasteiger partial charge in [-0.15, -0.1) is 12.4 Å². The van der Waals surface area contributed by atoms with Crippen LogP contribution in [0.4, 0.5) is 0 Å². The van der Waals surface area contributed by atoms with Gasteiger partial charge in [0.15, 0.2) is 0 Å². The fraction of sp³-hybridized carbons (Fsp3) is 0.533. The van der Waals surface area contributed by atoms with E-state index in [0.29, 0.717) is 6.42 Å². The van der Waals surface area contributed by atoms with Gasteiger partial charge < -0.3 is 10.2 Å². The highest BCUT2D eigenvalue weighted by atomic mass is 35.5. The Labute approximate surface area is 122 Å². The minimum Gasteiger partial charge on any atom is -0.343 e. The van der Waals surface area contributed by atoms with Gasteiger partial charge in [-0.25, -0.2) is 0 Å². The highest BCUT2D eigenvalue weighted by Crippen LogP contribution is 2.03. The Morgan fingerprint density at radius 1 is 1.26 bits per heavy atom. The summed E-state index contributed by atoms with van der Waals surface area (Å²) in [5.41, 5.74) is 1.29. The SMILES string of the molecule is CCN(CCc1ccccc1)C(=O)CCCNC.Cl. The van der Waals surface area contributed by atoms with Crippen molar-refractivity contribution in [1.29, 1.82) is 0 Å². The number of hydrogen-bond acceptors (Lipinski definition) is 2. The van der Waals surface area contributed by atoms with Gasteiger partial charge in [0.1, 0.15) is 0 Å². The Morgan fingerprint density at radius 3 is 2.53 bits per heavy atom. The number of nitrogens with one attached hydrogen (secondary N) is 1. The molecule has 0 unspecified atom stereocenters. The maximum absolute atomic E-state index is 12.0. The fourth-order valence-electron chi connectivity index (χ4n) is 1.94. The monoisotopic (exact) mass is 284 g/mol. The molecule has 108 valence electrons. The lowest BCUT2D eigenvalue weighted by atomic mass is 10.1. The molecule has 0 bridgehead atoms. The Hall–Kier alpha value is -1.06. The second-order valence-corrected chi connectivity index (χ2v) is 4.42. The zero-order chi connectivity index (χ0) is 13.2. The number of carbonyl (C=O) groups excluding carboxylic acids is 1. The van der Waals surface area contributed by atoms with E-state index in [-0.39, 0.29) is 18.3 Å². The summed E-state index contributed by atoms with van der Waals surface area (Å²) in [5, 5.41) is 3.07. The average Bonchev–Trinajstić information content (AvgIpc) is 2.41. The topological polar surface area (TPSA) is 32.3 Å². The largest absolute Gasteiger partial charge is 0.343 e. The van der Waals surface area contributed by atoms with E-state index >= 15 is 0 Å². The van der Waals surface area contributed by atoms with Crippen molar-refractivity contribution in [3.05, 3.63) is 35.9 Å². The van der Waals surface area contributed by atoms with Crippen LogP contribution in [0.15, 0.2) is 30.3 Å². The first-order valence-corrected chi connectivity index (χ1v) is 6.74. The van der Waals surface area contributed by atoms with E-state index in [9.17, 15) is 4.79 Å². The standard InChI is InChI=1S/C15H24N2O.ClH/c1-3-17(15(18)10-7-12-16-2)13-11-14-8-5-4-6-9-14;/h4-6,8-9,16H,3,7,10-13H2,1-2H3;1H. The smallest absolute Gasteiger partial charge is 0.222 e. The third-order valence-electron chi connectivity index (χ3n) is 3.07. The van der Waals surface area contributed by atoms with Gasteiger partial charge in [0.25, 0.3) is 0 Å². The van der Waals surface area contributed by atoms with Gasteiger partial charge >= 0.3 is 0 Å². The lowest BCUT2D eigenvalue weighted by molar-refractivity contribution is -0.131. The Bertz CT molecular complexity index is 343. The molecule has 0 aromatic heterocycles. The molecule has 19 heavy (non-hydrogen) atoms. The average molecular weight is 285 g/mol. The number of rotatable bonds is 8. The van der Waals surface area contributed by atoms with Crippen LogP contribution < -0.4 is 5.32 Å². The first kappa shape index (κ1) is 17.9. The second-order valence-electron chi connectivity index (χ2n) is 4.42. The molecular formula is C15H25ClN2O. The lowest BCUT2D eigenvalue weighted by Gasteiger charge is -2.21. The summed E-state index contributed by atoms with van der Waals surface area (Å²) in [5.74, 6) is 0.267. The third-order valence-corrected chi connectivity index (χ3v) is 3.07. The molecule has 0 heterocycles. The van der Waals surface area contributed by atoms with Crippen LogP contribution in [0, 0.1) is 0 Å². The highest BCUT2D eigenvalue weighted by molar-refractivity contribution is 5.85. The van der Waals surface area contributed by atoms with Crippen LogP contribution in [0.1, 0.15) is 25.3 Å². The molecule has 3 nitrogen and oxygen atoms in total. The second kappa shape index (κ2) is 10.8. The highest BCUT2D eigenvalue weighted by Gasteiger charge is 2.10. The summed E-state index contributed by atoms with van der Waals surface area (Å²) in [6.45, 7) is 4.56. The van der Waals surface area contributed by atoms with Gasteiger partial charge in [-0.05, 0) is 38.9 Å². The van der Waals surface area contributed by atoms with Crippen molar-refractivity contribution in [2.24, 2.45) is 0 Å². The van der Waals surface area contributed by atoms with Crippen molar-refractivity contribution in [3.8, 4) is 0 Å². The van der Waals surface area contributed by atoms with Crippen LogP contribution in [0.2, 0.25) is 0 Å². The summed E-state index contributed by atoms with van der Waals surface area (Å²) in [4.78, 5) is 13.9. The first-order valence-electron chi connectivity index (χ1n) is 6.74. The molecule has 0 saturated heterocycles. The Morgan fingerprint density at radius 2 is 1.95 bits per heavy atom. The molecule has 0 fully saturated rings. The lowest BCUT2D eigenvalue weighted by Crippen LogP contribution is -2.33. The molecule has 1 amide bonds. The van der Waals surface area contributed by atoms with Crippen LogP contribution in [-0.2, 0) is 11.2 Å². The molecule has 0 spiro atoms. The molecule has 0 saturated carbocycles. The fourth-order valence-corrected chi connectivity index (χ4v) is 1.94. The summed E-state index contributed by atoms with van der Waals surface area (Å²) in [6.07, 6.45) is 2.49. The van der Waals surface area contributed by atoms with E-state index in [4.69, 9.17) is 0 Å². The van der Waals surface area contributed by atoms with Crippen LogP contribution in [-0.4, -0.2) is 37.5 Å². The van der Waals surface area contributed by atoms with Crippen LogP contribution >= 0.6 is 12.4 Å². The van der Waals surface area contributed by atoms with E-state index in [0.717, 1.165) is 32.5 Å². The third kappa shape index (κ3) is 7.19. The Balaban J connectivity index is 0.00000324. The van der Waals surface area contributed by atoms with Gasteiger partial charge in [-0.1, -0.05) is 30.3 Å². The molecular weight excluding hydrogens is 260 g/mol. The summed E-state index contributed by atoms with van der Waals surface area (Å²) >= 11 is 0. The molecule has 0 radical (unpaired) electrons. The van der Waals surface area contributed by atoms with Crippen molar-refractivity contribution in [1.82, 2.24) is 10.2 Å². The minimum atomic E-state index is 0. The van der Waals surface area contributed by atoms with E-state index in [1.807, 2.05) is 37.1 Å². The Kier molecular flexibility index (Phi) is 10.2. The van der Waals surface area contributed by atoms with Gasteiger partial charge in [-0.3, -0.25) is 4.79 Å². The molecule has 1 aromatic carbocycles. The molecule has 4 heteroatoms. The summed E-state index contributed by atoms with van der Waals surface area (Å²) in [6, 6.07) is 10.3. The van der Waals surface area contributed by atoms with Gasteiger partial charge in [-0.2, -0.15) is 0 Å². The van der Waals surface area contributed by atoms with E-state index in [1.165, 1.54) is 5.56 Å².